The van der Waals surface area contributed by atoms with Gasteiger partial charge in [-0.1, -0.05) is 47.5 Å². The van der Waals surface area contributed by atoms with Gasteiger partial charge in [0.05, 0.1) is 10.0 Å². The van der Waals surface area contributed by atoms with Crippen molar-refractivity contribution in [3.8, 4) is 0 Å². The fourth-order valence-electron chi connectivity index (χ4n) is 1.76. The molecule has 1 aromatic rings. The van der Waals surface area contributed by atoms with E-state index in [0.29, 0.717) is 16.6 Å². The molecular formula is C14H13Cl2NO. The molecule has 0 fully saturated rings. The summed E-state index contributed by atoms with van der Waals surface area (Å²) in [4.78, 5) is 13.7. The van der Waals surface area contributed by atoms with Crippen LogP contribution in [0.3, 0.4) is 0 Å². The third-order valence-corrected chi connectivity index (χ3v) is 3.59. The van der Waals surface area contributed by atoms with Crippen molar-refractivity contribution >= 4 is 35.2 Å². The molecule has 0 unspecified atom stereocenters. The van der Waals surface area contributed by atoms with Gasteiger partial charge in [0.25, 0.3) is 0 Å². The molecule has 0 N–H and O–H groups in total. The first-order valence-electron chi connectivity index (χ1n) is 5.74. The number of halogens is 2. The van der Waals surface area contributed by atoms with Gasteiger partial charge in [0.1, 0.15) is 0 Å². The number of amides is 1. The standard InChI is InChI=1S/C14H13Cl2NO/c15-12-6-4-5-11(14(12)16)7-8-13(18)17-9-2-1-3-10-17/h1-2,4-8H,3,9-10H2/b8-7+. The van der Waals surface area contributed by atoms with Crippen molar-refractivity contribution in [2.45, 2.75) is 6.42 Å². The molecule has 4 heteroatoms. The lowest BCUT2D eigenvalue weighted by Gasteiger charge is -2.21. The van der Waals surface area contributed by atoms with E-state index < -0.39 is 0 Å². The summed E-state index contributed by atoms with van der Waals surface area (Å²) >= 11 is 12.0. The molecule has 0 spiro atoms. The maximum Gasteiger partial charge on any atom is 0.246 e. The van der Waals surface area contributed by atoms with Crippen LogP contribution in [0.25, 0.3) is 6.08 Å². The minimum Gasteiger partial charge on any atom is -0.335 e. The summed E-state index contributed by atoms with van der Waals surface area (Å²) in [7, 11) is 0. The minimum absolute atomic E-state index is 0.00427. The van der Waals surface area contributed by atoms with Gasteiger partial charge in [-0.3, -0.25) is 4.79 Å². The largest absolute Gasteiger partial charge is 0.335 e. The third kappa shape index (κ3) is 3.15. The van der Waals surface area contributed by atoms with E-state index in [1.165, 1.54) is 6.08 Å². The van der Waals surface area contributed by atoms with Crippen molar-refractivity contribution in [3.63, 3.8) is 0 Å². The molecule has 0 aliphatic carbocycles. The van der Waals surface area contributed by atoms with Crippen LogP contribution in [0, 0.1) is 0 Å². The molecule has 2 rings (SSSR count). The number of rotatable bonds is 2. The van der Waals surface area contributed by atoms with Gasteiger partial charge in [0.15, 0.2) is 0 Å². The number of carbonyl (C=O) groups excluding carboxylic acids is 1. The van der Waals surface area contributed by atoms with Crippen molar-refractivity contribution in [3.05, 3.63) is 52.0 Å². The van der Waals surface area contributed by atoms with Gasteiger partial charge in [-0.05, 0) is 24.1 Å². The summed E-state index contributed by atoms with van der Waals surface area (Å²) in [5.41, 5.74) is 0.755. The molecule has 94 valence electrons. The van der Waals surface area contributed by atoms with Crippen LogP contribution >= 0.6 is 23.2 Å². The first kappa shape index (κ1) is 13.2. The third-order valence-electron chi connectivity index (χ3n) is 2.76. The fourth-order valence-corrected chi connectivity index (χ4v) is 2.13. The van der Waals surface area contributed by atoms with Crippen molar-refractivity contribution in [2.24, 2.45) is 0 Å². The smallest absolute Gasteiger partial charge is 0.246 e. The van der Waals surface area contributed by atoms with Gasteiger partial charge < -0.3 is 4.90 Å². The summed E-state index contributed by atoms with van der Waals surface area (Å²) in [5.74, 6) is -0.00427. The Balaban J connectivity index is 2.08. The Kier molecular flexibility index (Phi) is 4.45. The molecule has 0 radical (unpaired) electrons. The zero-order valence-corrected chi connectivity index (χ0v) is 11.3. The van der Waals surface area contributed by atoms with Crippen LogP contribution in [0.5, 0.6) is 0 Å². The van der Waals surface area contributed by atoms with E-state index in [9.17, 15) is 4.79 Å². The van der Waals surface area contributed by atoms with Crippen molar-refractivity contribution in [1.29, 1.82) is 0 Å². The Bertz CT molecular complexity index is 509. The molecule has 0 saturated heterocycles. The van der Waals surface area contributed by atoms with Gasteiger partial charge in [-0.15, -0.1) is 0 Å². The predicted molar refractivity (Wildman–Crippen MR) is 75.8 cm³/mol. The zero-order chi connectivity index (χ0) is 13.0. The summed E-state index contributed by atoms with van der Waals surface area (Å²) in [6.45, 7) is 1.44. The van der Waals surface area contributed by atoms with Crippen molar-refractivity contribution < 1.29 is 4.79 Å². The van der Waals surface area contributed by atoms with E-state index in [2.05, 4.69) is 6.08 Å². The molecule has 1 aliphatic heterocycles. The first-order valence-corrected chi connectivity index (χ1v) is 6.50. The van der Waals surface area contributed by atoms with E-state index >= 15 is 0 Å². The van der Waals surface area contributed by atoms with Crippen LogP contribution < -0.4 is 0 Å². The van der Waals surface area contributed by atoms with Gasteiger partial charge in [0, 0.05) is 19.2 Å². The van der Waals surface area contributed by atoms with Gasteiger partial charge in [0.2, 0.25) is 5.91 Å². The SMILES string of the molecule is O=C(/C=C/c1cccc(Cl)c1Cl)N1CC=CCC1. The molecule has 18 heavy (non-hydrogen) atoms. The number of nitrogens with zero attached hydrogens (tertiary/aromatic N) is 1. The molecule has 1 heterocycles. The van der Waals surface area contributed by atoms with Crippen LogP contribution in [-0.4, -0.2) is 23.9 Å². The molecule has 1 aliphatic rings. The average Bonchev–Trinajstić information content (AvgIpc) is 2.41. The molecule has 0 saturated carbocycles. The van der Waals surface area contributed by atoms with Gasteiger partial charge in [-0.25, -0.2) is 0 Å². The molecular weight excluding hydrogens is 269 g/mol. The lowest BCUT2D eigenvalue weighted by atomic mass is 10.2. The van der Waals surface area contributed by atoms with Crippen molar-refractivity contribution in [2.75, 3.05) is 13.1 Å². The Morgan fingerprint density at radius 3 is 2.83 bits per heavy atom. The Morgan fingerprint density at radius 2 is 2.11 bits per heavy atom. The van der Waals surface area contributed by atoms with E-state index in [1.54, 1.807) is 17.0 Å². The van der Waals surface area contributed by atoms with Crippen molar-refractivity contribution in [1.82, 2.24) is 4.90 Å². The van der Waals surface area contributed by atoms with Crippen LogP contribution in [0.2, 0.25) is 10.0 Å². The maximum absolute atomic E-state index is 11.9. The number of hydrogen-bond donors (Lipinski definition) is 0. The highest BCUT2D eigenvalue weighted by Gasteiger charge is 2.10. The van der Waals surface area contributed by atoms with Crippen LogP contribution in [-0.2, 0) is 4.79 Å². The molecule has 0 aromatic heterocycles. The quantitative estimate of drug-likeness (QED) is 0.597. The lowest BCUT2D eigenvalue weighted by Crippen LogP contribution is -2.32. The highest BCUT2D eigenvalue weighted by Crippen LogP contribution is 2.26. The molecule has 2 nitrogen and oxygen atoms in total. The summed E-state index contributed by atoms with van der Waals surface area (Å²) in [6.07, 6.45) is 8.24. The van der Waals surface area contributed by atoms with Gasteiger partial charge >= 0.3 is 0 Å². The highest BCUT2D eigenvalue weighted by molar-refractivity contribution is 6.42. The predicted octanol–water partition coefficient (Wildman–Crippen LogP) is 3.80. The lowest BCUT2D eigenvalue weighted by molar-refractivity contribution is -0.125. The monoisotopic (exact) mass is 281 g/mol. The van der Waals surface area contributed by atoms with Crippen LogP contribution in [0.1, 0.15) is 12.0 Å². The van der Waals surface area contributed by atoms with Gasteiger partial charge in [-0.2, -0.15) is 0 Å². The second-order valence-corrected chi connectivity index (χ2v) is 4.81. The number of benzene rings is 1. The highest BCUT2D eigenvalue weighted by atomic mass is 35.5. The Hall–Kier alpha value is -1.25. The first-order chi connectivity index (χ1) is 8.68. The van der Waals surface area contributed by atoms with E-state index in [4.69, 9.17) is 23.2 Å². The fraction of sp³-hybridized carbons (Fsp3) is 0.214. The Labute approximate surface area is 116 Å². The summed E-state index contributed by atoms with van der Waals surface area (Å²) < 4.78 is 0. The maximum atomic E-state index is 11.9. The topological polar surface area (TPSA) is 20.3 Å². The number of hydrogen-bond acceptors (Lipinski definition) is 1. The molecule has 1 amide bonds. The molecule has 0 atom stereocenters. The van der Waals surface area contributed by atoms with Crippen LogP contribution in [0.4, 0.5) is 0 Å². The zero-order valence-electron chi connectivity index (χ0n) is 9.77. The minimum atomic E-state index is -0.00427. The molecule has 1 aromatic carbocycles. The Morgan fingerprint density at radius 1 is 1.28 bits per heavy atom. The second-order valence-electron chi connectivity index (χ2n) is 4.02. The summed E-state index contributed by atoms with van der Waals surface area (Å²) in [6, 6.07) is 5.36. The average molecular weight is 282 g/mol. The second kappa shape index (κ2) is 6.07. The number of carbonyl (C=O) groups is 1. The molecule has 0 bridgehead atoms. The normalized spacial score (nSPS) is 15.3. The summed E-state index contributed by atoms with van der Waals surface area (Å²) in [5, 5.41) is 0.967. The van der Waals surface area contributed by atoms with E-state index in [-0.39, 0.29) is 5.91 Å². The van der Waals surface area contributed by atoms with E-state index in [0.717, 1.165) is 18.5 Å². The van der Waals surface area contributed by atoms with Crippen LogP contribution in [0.15, 0.2) is 36.4 Å². The van der Waals surface area contributed by atoms with E-state index in [1.807, 2.05) is 18.2 Å².